The van der Waals surface area contributed by atoms with Crippen LogP contribution in [0.1, 0.15) is 73.7 Å². The summed E-state index contributed by atoms with van der Waals surface area (Å²) in [6.07, 6.45) is 9.54. The molecule has 0 heterocycles. The van der Waals surface area contributed by atoms with Crippen molar-refractivity contribution in [3.05, 3.63) is 95.8 Å². The van der Waals surface area contributed by atoms with Gasteiger partial charge >= 0.3 is 5.97 Å². The van der Waals surface area contributed by atoms with Crippen LogP contribution < -0.4 is 9.47 Å². The molecule has 0 unspecified atom stereocenters. The third-order valence-electron chi connectivity index (χ3n) is 7.20. The van der Waals surface area contributed by atoms with Crippen molar-refractivity contribution in [3.63, 3.8) is 0 Å². The summed E-state index contributed by atoms with van der Waals surface area (Å²) in [6.45, 7) is 5.91. The Bertz CT molecular complexity index is 1260. The van der Waals surface area contributed by atoms with E-state index in [0.29, 0.717) is 17.9 Å². The van der Waals surface area contributed by atoms with Gasteiger partial charge in [-0.3, -0.25) is 0 Å². The smallest absolute Gasteiger partial charge is 0.343 e. The number of rotatable bonds is 10. The topological polar surface area (TPSA) is 35.5 Å². The molecule has 0 bridgehead atoms. The monoisotopic (exact) mass is 522 g/mol. The van der Waals surface area contributed by atoms with Crippen molar-refractivity contribution in [3.8, 4) is 22.6 Å². The van der Waals surface area contributed by atoms with Crippen LogP contribution in [0.3, 0.4) is 0 Å². The fraction of sp³-hybridized carbons (Fsp3) is 0.344. The normalized spacial score (nSPS) is 17.2. The summed E-state index contributed by atoms with van der Waals surface area (Å²) in [4.78, 5) is 12.7. The summed E-state index contributed by atoms with van der Waals surface area (Å²) in [7, 11) is 0. The predicted molar refractivity (Wildman–Crippen MR) is 143 cm³/mol. The number of benzene rings is 3. The SMILES string of the molecule is C=CCCC1CCC(c2ccc(C(=O)Oc3ccc(-c4ccc(OCCC)c(F)c4F)cc3F)cc2)CC1. The number of halogens is 3. The van der Waals surface area contributed by atoms with E-state index in [4.69, 9.17) is 9.47 Å². The first-order valence-electron chi connectivity index (χ1n) is 13.2. The molecule has 0 aliphatic heterocycles. The van der Waals surface area contributed by atoms with Gasteiger partial charge in [0.05, 0.1) is 12.2 Å². The number of ether oxygens (including phenoxy) is 2. The molecule has 0 saturated heterocycles. The minimum atomic E-state index is -1.13. The summed E-state index contributed by atoms with van der Waals surface area (Å²) in [5.74, 6) is -3.05. The van der Waals surface area contributed by atoms with Gasteiger partial charge in [-0.25, -0.2) is 13.6 Å². The van der Waals surface area contributed by atoms with Crippen molar-refractivity contribution in [1.29, 1.82) is 0 Å². The molecule has 1 fully saturated rings. The predicted octanol–water partition coefficient (Wildman–Crippen LogP) is 9.02. The molecule has 1 saturated carbocycles. The van der Waals surface area contributed by atoms with E-state index in [1.807, 2.05) is 25.1 Å². The van der Waals surface area contributed by atoms with Gasteiger partial charge in [0.2, 0.25) is 5.82 Å². The van der Waals surface area contributed by atoms with E-state index in [2.05, 4.69) is 6.58 Å². The fourth-order valence-corrected chi connectivity index (χ4v) is 5.02. The second-order valence-corrected chi connectivity index (χ2v) is 9.83. The van der Waals surface area contributed by atoms with Gasteiger partial charge in [0.1, 0.15) is 0 Å². The Kier molecular flexibility index (Phi) is 9.27. The Morgan fingerprint density at radius 2 is 1.66 bits per heavy atom. The van der Waals surface area contributed by atoms with Gasteiger partial charge in [-0.2, -0.15) is 4.39 Å². The van der Waals surface area contributed by atoms with Crippen molar-refractivity contribution < 1.29 is 27.4 Å². The van der Waals surface area contributed by atoms with E-state index in [1.165, 1.54) is 49.1 Å². The van der Waals surface area contributed by atoms with Gasteiger partial charge in [0, 0.05) is 5.56 Å². The minimum absolute atomic E-state index is 0.115. The molecule has 0 radical (unpaired) electrons. The van der Waals surface area contributed by atoms with Crippen LogP contribution in [-0.4, -0.2) is 12.6 Å². The molecule has 0 spiro atoms. The molecular formula is C32H33F3O3. The van der Waals surface area contributed by atoms with Crippen LogP contribution in [0.5, 0.6) is 11.5 Å². The molecular weight excluding hydrogens is 489 g/mol. The lowest BCUT2D eigenvalue weighted by molar-refractivity contribution is 0.0728. The molecule has 3 nitrogen and oxygen atoms in total. The first-order chi connectivity index (χ1) is 18.4. The maximum Gasteiger partial charge on any atom is 0.343 e. The quantitative estimate of drug-likeness (QED) is 0.151. The average molecular weight is 523 g/mol. The first kappa shape index (κ1) is 27.5. The van der Waals surface area contributed by atoms with E-state index in [1.54, 1.807) is 12.1 Å². The van der Waals surface area contributed by atoms with Crippen molar-refractivity contribution in [2.24, 2.45) is 5.92 Å². The van der Waals surface area contributed by atoms with Gasteiger partial charge < -0.3 is 9.47 Å². The third kappa shape index (κ3) is 6.47. The molecule has 1 aliphatic rings. The molecule has 0 aromatic heterocycles. The van der Waals surface area contributed by atoms with Crippen LogP contribution in [0.2, 0.25) is 0 Å². The number of esters is 1. The standard InChI is InChI=1S/C32H33F3O3/c1-3-5-6-21-7-9-22(10-8-21)23-11-13-24(14-12-23)32(36)38-28-17-15-25(20-27(28)33)26-16-18-29(37-19-4-2)31(35)30(26)34/h3,11-18,20-22H,1,4-10,19H2,2H3. The van der Waals surface area contributed by atoms with Crippen LogP contribution in [0, 0.1) is 23.4 Å². The lowest BCUT2D eigenvalue weighted by Gasteiger charge is -2.28. The highest BCUT2D eigenvalue weighted by molar-refractivity contribution is 5.91. The van der Waals surface area contributed by atoms with Crippen molar-refractivity contribution >= 4 is 5.97 Å². The summed E-state index contributed by atoms with van der Waals surface area (Å²) in [5, 5.41) is 0. The summed E-state index contributed by atoms with van der Waals surface area (Å²) in [5.41, 5.74) is 1.50. The number of carbonyl (C=O) groups is 1. The Morgan fingerprint density at radius 3 is 2.32 bits per heavy atom. The van der Waals surface area contributed by atoms with Gasteiger partial charge in [-0.1, -0.05) is 31.2 Å². The summed E-state index contributed by atoms with van der Waals surface area (Å²) >= 11 is 0. The third-order valence-corrected chi connectivity index (χ3v) is 7.20. The van der Waals surface area contributed by atoms with Gasteiger partial charge in [0.15, 0.2) is 23.1 Å². The summed E-state index contributed by atoms with van der Waals surface area (Å²) in [6, 6.07) is 13.6. The molecule has 3 aromatic rings. The van der Waals surface area contributed by atoms with Gasteiger partial charge in [-0.05, 0) is 104 Å². The molecule has 1 aliphatic carbocycles. The number of allylic oxidation sites excluding steroid dienone is 1. The second-order valence-electron chi connectivity index (χ2n) is 9.83. The number of carbonyl (C=O) groups excluding carboxylic acids is 1. The van der Waals surface area contributed by atoms with E-state index in [9.17, 15) is 18.0 Å². The van der Waals surface area contributed by atoms with E-state index in [-0.39, 0.29) is 29.2 Å². The second kappa shape index (κ2) is 12.8. The van der Waals surface area contributed by atoms with Crippen molar-refractivity contribution in [2.45, 2.75) is 57.8 Å². The minimum Gasteiger partial charge on any atom is -0.490 e. The zero-order chi connectivity index (χ0) is 27.1. The Balaban J connectivity index is 1.40. The van der Waals surface area contributed by atoms with E-state index < -0.39 is 23.4 Å². The van der Waals surface area contributed by atoms with E-state index >= 15 is 0 Å². The largest absolute Gasteiger partial charge is 0.490 e. The average Bonchev–Trinajstić information content (AvgIpc) is 2.94. The molecule has 6 heteroatoms. The summed E-state index contributed by atoms with van der Waals surface area (Å²) < 4.78 is 54.2. The first-order valence-corrected chi connectivity index (χ1v) is 13.2. The highest BCUT2D eigenvalue weighted by Gasteiger charge is 2.23. The number of hydrogen-bond donors (Lipinski definition) is 0. The zero-order valence-electron chi connectivity index (χ0n) is 21.7. The lowest BCUT2D eigenvalue weighted by atomic mass is 9.77. The Hall–Kier alpha value is -3.54. The van der Waals surface area contributed by atoms with Crippen molar-refractivity contribution in [1.82, 2.24) is 0 Å². The Labute approximate surface area is 222 Å². The molecule has 0 atom stereocenters. The lowest BCUT2D eigenvalue weighted by Crippen LogP contribution is -2.14. The number of hydrogen-bond acceptors (Lipinski definition) is 3. The highest BCUT2D eigenvalue weighted by atomic mass is 19.2. The van der Waals surface area contributed by atoms with Crippen molar-refractivity contribution in [2.75, 3.05) is 6.61 Å². The zero-order valence-corrected chi connectivity index (χ0v) is 21.7. The van der Waals surface area contributed by atoms with Gasteiger partial charge in [0.25, 0.3) is 0 Å². The molecule has 200 valence electrons. The van der Waals surface area contributed by atoms with Crippen LogP contribution >= 0.6 is 0 Å². The van der Waals surface area contributed by atoms with Crippen LogP contribution in [0.25, 0.3) is 11.1 Å². The molecule has 0 amide bonds. The Morgan fingerprint density at radius 1 is 0.947 bits per heavy atom. The molecule has 3 aromatic carbocycles. The van der Waals surface area contributed by atoms with Crippen LogP contribution in [0.15, 0.2) is 67.3 Å². The molecule has 0 N–H and O–H groups in total. The molecule has 38 heavy (non-hydrogen) atoms. The maximum atomic E-state index is 14.8. The highest BCUT2D eigenvalue weighted by Crippen LogP contribution is 2.38. The van der Waals surface area contributed by atoms with Crippen LogP contribution in [0.4, 0.5) is 13.2 Å². The molecule has 4 rings (SSSR count). The fourth-order valence-electron chi connectivity index (χ4n) is 5.02. The van der Waals surface area contributed by atoms with Crippen LogP contribution in [-0.2, 0) is 0 Å². The van der Waals surface area contributed by atoms with E-state index in [0.717, 1.165) is 31.2 Å². The van der Waals surface area contributed by atoms with Gasteiger partial charge in [-0.15, -0.1) is 6.58 Å². The maximum absolute atomic E-state index is 14.8.